The van der Waals surface area contributed by atoms with Gasteiger partial charge in [0.2, 0.25) is 0 Å². The first-order valence-corrected chi connectivity index (χ1v) is 4.30. The summed E-state index contributed by atoms with van der Waals surface area (Å²) in [4.78, 5) is 14.4. The fourth-order valence-electron chi connectivity index (χ4n) is 0.684. The molecule has 0 fully saturated rings. The largest absolute Gasteiger partial charge is 0.298 e. The number of nitrogens with zero attached hydrogens (tertiary/aromatic N) is 1. The Morgan fingerprint density at radius 2 is 2.64 bits per heavy atom. The van der Waals surface area contributed by atoms with Gasteiger partial charge in [-0.15, -0.1) is 11.3 Å². The van der Waals surface area contributed by atoms with Gasteiger partial charge in [-0.2, -0.15) is 0 Å². The van der Waals surface area contributed by atoms with E-state index in [-0.39, 0.29) is 0 Å². The Morgan fingerprint density at radius 3 is 3.09 bits per heavy atom. The minimum absolute atomic E-state index is 0.767. The Balaban J connectivity index is 2.79. The summed E-state index contributed by atoms with van der Waals surface area (Å²) in [7, 11) is 0. The predicted octanol–water partition coefficient (Wildman–Crippen LogP) is 2.14. The molecule has 0 bridgehead atoms. The molecule has 0 aromatic carbocycles. The van der Waals surface area contributed by atoms with Gasteiger partial charge in [0.25, 0.3) is 0 Å². The molecule has 0 unspecified atom stereocenters. The van der Waals surface area contributed by atoms with Crippen LogP contribution in [0, 0.1) is 0 Å². The maximum Gasteiger partial charge on any atom is 0.146 e. The molecule has 58 valence electrons. The van der Waals surface area contributed by atoms with Crippen molar-refractivity contribution in [2.45, 2.75) is 13.3 Å². The van der Waals surface area contributed by atoms with E-state index < -0.39 is 0 Å². The van der Waals surface area contributed by atoms with Crippen LogP contribution in [0.2, 0.25) is 0 Å². The number of allylic oxidation sites excluding steroid dienone is 1. The van der Waals surface area contributed by atoms with Crippen molar-refractivity contribution in [3.05, 3.63) is 22.2 Å². The van der Waals surface area contributed by atoms with Crippen LogP contribution in [0.3, 0.4) is 0 Å². The lowest BCUT2D eigenvalue weighted by Gasteiger charge is -1.88. The topological polar surface area (TPSA) is 30.0 Å². The van der Waals surface area contributed by atoms with E-state index in [0.29, 0.717) is 0 Å². The zero-order chi connectivity index (χ0) is 8.10. The zero-order valence-electron chi connectivity index (χ0n) is 6.28. The molecule has 2 nitrogen and oxygen atoms in total. The summed E-state index contributed by atoms with van der Waals surface area (Å²) in [5.41, 5.74) is 0.792. The summed E-state index contributed by atoms with van der Waals surface area (Å²) in [6, 6.07) is 0. The number of aldehydes is 1. The van der Waals surface area contributed by atoms with E-state index in [4.69, 9.17) is 0 Å². The van der Waals surface area contributed by atoms with E-state index in [9.17, 15) is 4.79 Å². The van der Waals surface area contributed by atoms with E-state index in [0.717, 1.165) is 23.3 Å². The molecule has 0 aliphatic heterocycles. The van der Waals surface area contributed by atoms with Gasteiger partial charge in [-0.25, -0.2) is 4.98 Å². The van der Waals surface area contributed by atoms with Gasteiger partial charge in [0.1, 0.15) is 11.3 Å². The summed E-state index contributed by atoms with van der Waals surface area (Å²) in [6.07, 6.45) is 5.19. The number of hydrogen-bond donors (Lipinski definition) is 0. The average molecular weight is 167 g/mol. The summed E-state index contributed by atoms with van der Waals surface area (Å²) in [6.45, 7) is 1.95. The third kappa shape index (κ3) is 2.27. The first kappa shape index (κ1) is 8.14. The molecule has 0 aliphatic carbocycles. The second-order valence-electron chi connectivity index (χ2n) is 2.06. The van der Waals surface area contributed by atoms with E-state index in [2.05, 4.69) is 4.98 Å². The van der Waals surface area contributed by atoms with Crippen LogP contribution in [0.5, 0.6) is 0 Å². The Morgan fingerprint density at radius 1 is 1.82 bits per heavy atom. The smallest absolute Gasteiger partial charge is 0.146 e. The molecule has 1 rings (SSSR count). The quantitative estimate of drug-likeness (QED) is 0.510. The second-order valence-corrected chi connectivity index (χ2v) is 2.99. The number of carbonyl (C=O) groups excluding carboxylic acids is 1. The maximum absolute atomic E-state index is 10.4. The fourth-order valence-corrected chi connectivity index (χ4v) is 1.29. The van der Waals surface area contributed by atoms with Gasteiger partial charge in [0.05, 0.1) is 0 Å². The summed E-state index contributed by atoms with van der Waals surface area (Å²) in [5.74, 6) is 0. The van der Waals surface area contributed by atoms with E-state index in [1.165, 1.54) is 11.3 Å². The molecular weight excluding hydrogens is 158 g/mol. The first-order chi connectivity index (χ1) is 5.36. The van der Waals surface area contributed by atoms with Crippen molar-refractivity contribution in [1.82, 2.24) is 4.98 Å². The van der Waals surface area contributed by atoms with Crippen molar-refractivity contribution in [1.29, 1.82) is 0 Å². The van der Waals surface area contributed by atoms with Gasteiger partial charge in [-0.05, 0) is 18.1 Å². The Hall–Kier alpha value is -0.960. The van der Waals surface area contributed by atoms with Crippen LogP contribution in [-0.2, 0) is 4.79 Å². The summed E-state index contributed by atoms with van der Waals surface area (Å²) in [5, 5.41) is 2.79. The van der Waals surface area contributed by atoms with Crippen molar-refractivity contribution in [2.75, 3.05) is 0 Å². The molecule has 0 amide bonds. The normalized spacial score (nSPS) is 11.5. The predicted molar refractivity (Wildman–Crippen MR) is 46.4 cm³/mol. The van der Waals surface area contributed by atoms with Gasteiger partial charge in [-0.1, -0.05) is 6.92 Å². The Kier molecular flexibility index (Phi) is 2.98. The molecule has 0 saturated heterocycles. The van der Waals surface area contributed by atoms with Crippen molar-refractivity contribution >= 4 is 23.7 Å². The fraction of sp³-hybridized carbons (Fsp3) is 0.250. The molecule has 1 aromatic rings. The van der Waals surface area contributed by atoms with Crippen molar-refractivity contribution in [3.63, 3.8) is 0 Å². The number of hydrogen-bond acceptors (Lipinski definition) is 3. The molecule has 3 heteroatoms. The lowest BCUT2D eigenvalue weighted by atomic mass is 10.2. The Labute approximate surface area is 69.6 Å². The van der Waals surface area contributed by atoms with Gasteiger partial charge in [0.15, 0.2) is 0 Å². The van der Waals surface area contributed by atoms with Crippen LogP contribution in [-0.4, -0.2) is 11.3 Å². The number of rotatable bonds is 3. The van der Waals surface area contributed by atoms with E-state index >= 15 is 0 Å². The highest BCUT2D eigenvalue weighted by Crippen LogP contribution is 2.10. The van der Waals surface area contributed by atoms with Gasteiger partial charge in [0, 0.05) is 11.6 Å². The monoisotopic (exact) mass is 167 g/mol. The second kappa shape index (κ2) is 4.03. The van der Waals surface area contributed by atoms with Crippen LogP contribution in [0.25, 0.3) is 6.08 Å². The molecule has 1 heterocycles. The number of thiazole rings is 1. The van der Waals surface area contributed by atoms with Crippen molar-refractivity contribution in [2.24, 2.45) is 0 Å². The third-order valence-corrected chi connectivity index (χ3v) is 2.04. The molecule has 0 radical (unpaired) electrons. The summed E-state index contributed by atoms with van der Waals surface area (Å²) < 4.78 is 0. The van der Waals surface area contributed by atoms with Crippen LogP contribution in [0.15, 0.2) is 17.2 Å². The number of aromatic nitrogens is 1. The van der Waals surface area contributed by atoms with E-state index in [1.807, 2.05) is 18.4 Å². The van der Waals surface area contributed by atoms with Crippen molar-refractivity contribution in [3.8, 4) is 0 Å². The standard InChI is InChI=1S/C8H9NOS/c1-2-7(6-10)5-8-9-3-4-11-8/h3-6H,2H2,1H3/b7-5-. The van der Waals surface area contributed by atoms with Crippen molar-refractivity contribution < 1.29 is 4.79 Å². The molecule has 0 aliphatic rings. The molecular formula is C8H9NOS. The molecule has 0 atom stereocenters. The zero-order valence-corrected chi connectivity index (χ0v) is 7.10. The SMILES string of the molecule is CC/C(C=O)=C/c1nccs1. The minimum Gasteiger partial charge on any atom is -0.298 e. The highest BCUT2D eigenvalue weighted by Gasteiger charge is 1.93. The molecule has 11 heavy (non-hydrogen) atoms. The Bertz CT molecular complexity index is 251. The minimum atomic E-state index is 0.767. The van der Waals surface area contributed by atoms with Crippen LogP contribution >= 0.6 is 11.3 Å². The van der Waals surface area contributed by atoms with Gasteiger partial charge < -0.3 is 0 Å². The maximum atomic E-state index is 10.4. The van der Waals surface area contributed by atoms with Crippen LogP contribution in [0.4, 0.5) is 0 Å². The molecule has 0 spiro atoms. The highest BCUT2D eigenvalue weighted by molar-refractivity contribution is 7.10. The molecule has 0 saturated carbocycles. The average Bonchev–Trinajstić information content (AvgIpc) is 2.52. The van der Waals surface area contributed by atoms with Crippen LogP contribution in [0.1, 0.15) is 18.4 Å². The van der Waals surface area contributed by atoms with Gasteiger partial charge >= 0.3 is 0 Å². The van der Waals surface area contributed by atoms with Gasteiger partial charge in [-0.3, -0.25) is 4.79 Å². The van der Waals surface area contributed by atoms with Crippen LogP contribution < -0.4 is 0 Å². The van der Waals surface area contributed by atoms with E-state index in [1.54, 1.807) is 6.20 Å². The summed E-state index contributed by atoms with van der Waals surface area (Å²) >= 11 is 1.54. The number of carbonyl (C=O) groups is 1. The highest BCUT2D eigenvalue weighted by atomic mass is 32.1. The first-order valence-electron chi connectivity index (χ1n) is 3.42. The lowest BCUT2D eigenvalue weighted by Crippen LogP contribution is -1.80. The lowest BCUT2D eigenvalue weighted by molar-refractivity contribution is -0.104. The molecule has 0 N–H and O–H groups in total. The molecule has 1 aromatic heterocycles. The third-order valence-electron chi connectivity index (χ3n) is 1.32.